The summed E-state index contributed by atoms with van der Waals surface area (Å²) in [5.41, 5.74) is -0.0772. The van der Waals surface area contributed by atoms with E-state index >= 15 is 0 Å². The van der Waals surface area contributed by atoms with Crippen LogP contribution in [0.15, 0.2) is 0 Å². The molecule has 0 bridgehead atoms. The maximum Gasteiger partial charge on any atom is 0.0808 e. The summed E-state index contributed by atoms with van der Waals surface area (Å²) in [6.45, 7) is 3.67. The Morgan fingerprint density at radius 2 is 2.17 bits per heavy atom. The Morgan fingerprint density at radius 3 is 2.67 bits per heavy atom. The molecular formula is C10H17NO. The number of hydrogen-bond donors (Lipinski definition) is 0. The van der Waals surface area contributed by atoms with Crippen molar-refractivity contribution in [3.63, 3.8) is 0 Å². The zero-order valence-corrected chi connectivity index (χ0v) is 7.81. The molecule has 12 heavy (non-hydrogen) atoms. The molecule has 0 aliphatic heterocycles. The van der Waals surface area contributed by atoms with Gasteiger partial charge in [-0.25, -0.2) is 0 Å². The summed E-state index contributed by atoms with van der Waals surface area (Å²) >= 11 is 0. The molecule has 2 heteroatoms. The summed E-state index contributed by atoms with van der Waals surface area (Å²) in [6.07, 6.45) is 5.68. The maximum absolute atomic E-state index is 8.73. The number of ether oxygens (including phenoxy) is 1. The Hall–Kier alpha value is -0.550. The Labute approximate surface area is 74.5 Å². The van der Waals surface area contributed by atoms with E-state index in [1.165, 1.54) is 12.8 Å². The topological polar surface area (TPSA) is 33.0 Å². The predicted octanol–water partition coefficient (Wildman–Crippen LogP) is 2.50. The number of nitrogens with zero attached hydrogens (tertiary/aromatic N) is 1. The SMILES string of the molecule is CCCCCOCC1(C#N)CC1. The minimum absolute atomic E-state index is 0.0772. The average Bonchev–Trinajstić information content (AvgIpc) is 2.85. The molecule has 0 spiro atoms. The molecule has 0 unspecified atom stereocenters. The van der Waals surface area contributed by atoms with Crippen molar-refractivity contribution in [3.05, 3.63) is 0 Å². The van der Waals surface area contributed by atoms with Gasteiger partial charge in [0, 0.05) is 6.61 Å². The Bertz CT molecular complexity index is 167. The van der Waals surface area contributed by atoms with Crippen LogP contribution in [-0.4, -0.2) is 13.2 Å². The lowest BCUT2D eigenvalue weighted by Gasteiger charge is -2.06. The average molecular weight is 167 g/mol. The van der Waals surface area contributed by atoms with Gasteiger partial charge in [0.1, 0.15) is 0 Å². The molecular weight excluding hydrogens is 150 g/mol. The molecule has 0 aromatic carbocycles. The first-order chi connectivity index (χ1) is 5.83. The normalized spacial score (nSPS) is 18.7. The molecule has 0 aromatic heterocycles. The molecule has 1 aliphatic carbocycles. The third-order valence-corrected chi connectivity index (χ3v) is 2.36. The van der Waals surface area contributed by atoms with Crippen LogP contribution in [0.25, 0.3) is 0 Å². The van der Waals surface area contributed by atoms with Gasteiger partial charge < -0.3 is 4.74 Å². The largest absolute Gasteiger partial charge is 0.380 e. The monoisotopic (exact) mass is 167 g/mol. The van der Waals surface area contributed by atoms with Gasteiger partial charge in [0.25, 0.3) is 0 Å². The number of unbranched alkanes of at least 4 members (excludes halogenated alkanes) is 2. The molecule has 68 valence electrons. The van der Waals surface area contributed by atoms with Crippen LogP contribution in [-0.2, 0) is 4.74 Å². The molecule has 0 saturated heterocycles. The summed E-state index contributed by atoms with van der Waals surface area (Å²) in [4.78, 5) is 0. The summed E-state index contributed by atoms with van der Waals surface area (Å²) in [6, 6.07) is 2.32. The van der Waals surface area contributed by atoms with Gasteiger partial charge in [-0.3, -0.25) is 0 Å². The Kier molecular flexibility index (Phi) is 3.55. The van der Waals surface area contributed by atoms with Crippen molar-refractivity contribution in [3.8, 4) is 6.07 Å². The molecule has 1 saturated carbocycles. The van der Waals surface area contributed by atoms with E-state index in [-0.39, 0.29) is 5.41 Å². The van der Waals surface area contributed by atoms with E-state index in [0.29, 0.717) is 6.61 Å². The summed E-state index contributed by atoms with van der Waals surface area (Å²) < 4.78 is 5.43. The molecule has 0 N–H and O–H groups in total. The lowest BCUT2D eigenvalue weighted by atomic mass is 10.1. The molecule has 0 amide bonds. The van der Waals surface area contributed by atoms with Crippen LogP contribution in [0.4, 0.5) is 0 Å². The van der Waals surface area contributed by atoms with E-state index in [9.17, 15) is 0 Å². The standard InChI is InChI=1S/C10H17NO/c1-2-3-4-7-12-9-10(8-11)5-6-10/h2-7,9H2,1H3. The van der Waals surface area contributed by atoms with E-state index in [2.05, 4.69) is 13.0 Å². The van der Waals surface area contributed by atoms with Crippen molar-refractivity contribution < 1.29 is 4.74 Å². The van der Waals surface area contributed by atoms with Crippen molar-refractivity contribution in [2.75, 3.05) is 13.2 Å². The summed E-state index contributed by atoms with van der Waals surface area (Å²) in [7, 11) is 0. The Morgan fingerprint density at radius 1 is 1.42 bits per heavy atom. The van der Waals surface area contributed by atoms with Gasteiger partial charge in [-0.15, -0.1) is 0 Å². The summed E-state index contributed by atoms with van der Waals surface area (Å²) in [5, 5.41) is 8.73. The minimum atomic E-state index is -0.0772. The van der Waals surface area contributed by atoms with Crippen LogP contribution in [0.3, 0.4) is 0 Å². The summed E-state index contributed by atoms with van der Waals surface area (Å²) in [5.74, 6) is 0. The molecule has 1 aliphatic rings. The second kappa shape index (κ2) is 4.47. The van der Waals surface area contributed by atoms with Crippen LogP contribution in [0.2, 0.25) is 0 Å². The van der Waals surface area contributed by atoms with Gasteiger partial charge in [0.05, 0.1) is 18.1 Å². The Balaban J connectivity index is 1.93. The lowest BCUT2D eigenvalue weighted by Crippen LogP contribution is -2.08. The van der Waals surface area contributed by atoms with Crippen LogP contribution in [0.5, 0.6) is 0 Å². The molecule has 2 nitrogen and oxygen atoms in total. The lowest BCUT2D eigenvalue weighted by molar-refractivity contribution is 0.104. The fourth-order valence-electron chi connectivity index (χ4n) is 1.16. The van der Waals surface area contributed by atoms with Crippen LogP contribution >= 0.6 is 0 Å². The predicted molar refractivity (Wildman–Crippen MR) is 47.6 cm³/mol. The van der Waals surface area contributed by atoms with Crippen molar-refractivity contribution >= 4 is 0 Å². The van der Waals surface area contributed by atoms with Gasteiger partial charge in [0.15, 0.2) is 0 Å². The second-order valence-corrected chi connectivity index (χ2v) is 3.65. The van der Waals surface area contributed by atoms with Gasteiger partial charge in [-0.2, -0.15) is 5.26 Å². The van der Waals surface area contributed by atoms with E-state index in [1.807, 2.05) is 0 Å². The first kappa shape index (κ1) is 9.54. The van der Waals surface area contributed by atoms with E-state index in [1.54, 1.807) is 0 Å². The third kappa shape index (κ3) is 2.83. The molecule has 0 aromatic rings. The van der Waals surface area contributed by atoms with Gasteiger partial charge in [-0.1, -0.05) is 19.8 Å². The molecule has 1 fully saturated rings. The zero-order valence-electron chi connectivity index (χ0n) is 7.81. The molecule has 1 rings (SSSR count). The van der Waals surface area contributed by atoms with Crippen LogP contribution in [0.1, 0.15) is 39.0 Å². The minimum Gasteiger partial charge on any atom is -0.380 e. The smallest absolute Gasteiger partial charge is 0.0808 e. The van der Waals surface area contributed by atoms with Gasteiger partial charge >= 0.3 is 0 Å². The highest BCUT2D eigenvalue weighted by Crippen LogP contribution is 2.44. The van der Waals surface area contributed by atoms with Crippen molar-refractivity contribution in [2.45, 2.75) is 39.0 Å². The highest BCUT2D eigenvalue weighted by molar-refractivity contribution is 5.09. The quantitative estimate of drug-likeness (QED) is 0.569. The number of hydrogen-bond acceptors (Lipinski definition) is 2. The van der Waals surface area contributed by atoms with Gasteiger partial charge in [-0.05, 0) is 19.3 Å². The fraction of sp³-hybridized carbons (Fsp3) is 0.900. The first-order valence-electron chi connectivity index (χ1n) is 4.82. The van der Waals surface area contributed by atoms with E-state index in [0.717, 1.165) is 25.9 Å². The molecule has 0 atom stereocenters. The number of nitriles is 1. The third-order valence-electron chi connectivity index (χ3n) is 2.36. The van der Waals surface area contributed by atoms with Crippen molar-refractivity contribution in [1.82, 2.24) is 0 Å². The first-order valence-corrected chi connectivity index (χ1v) is 4.82. The number of rotatable bonds is 6. The molecule has 0 heterocycles. The fourth-order valence-corrected chi connectivity index (χ4v) is 1.16. The maximum atomic E-state index is 8.73. The zero-order chi connectivity index (χ0) is 8.86. The molecule has 0 radical (unpaired) electrons. The highest BCUT2D eigenvalue weighted by atomic mass is 16.5. The van der Waals surface area contributed by atoms with Gasteiger partial charge in [0.2, 0.25) is 0 Å². The van der Waals surface area contributed by atoms with Crippen LogP contribution in [0, 0.1) is 16.7 Å². The van der Waals surface area contributed by atoms with E-state index < -0.39 is 0 Å². The van der Waals surface area contributed by atoms with E-state index in [4.69, 9.17) is 10.00 Å². The highest BCUT2D eigenvalue weighted by Gasteiger charge is 2.43. The van der Waals surface area contributed by atoms with Crippen molar-refractivity contribution in [1.29, 1.82) is 5.26 Å². The van der Waals surface area contributed by atoms with Crippen molar-refractivity contribution in [2.24, 2.45) is 5.41 Å². The second-order valence-electron chi connectivity index (χ2n) is 3.65. The van der Waals surface area contributed by atoms with Crippen LogP contribution < -0.4 is 0 Å².